The lowest BCUT2D eigenvalue weighted by Crippen LogP contribution is -2.61. The first-order valence-electron chi connectivity index (χ1n) is 12.8. The Morgan fingerprint density at radius 2 is 1.70 bits per heavy atom. The molecule has 0 aliphatic carbocycles. The molecule has 0 bridgehead atoms. The number of likely N-dealkylation sites (N-methyl/N-ethyl adjacent to an activating group) is 2. The first-order valence-corrected chi connectivity index (χ1v) is 13.2. The molecule has 3 atom stereocenters. The molecule has 7 nitrogen and oxygen atoms in total. The van der Waals surface area contributed by atoms with Crippen LogP contribution in [0.3, 0.4) is 0 Å². The maximum atomic E-state index is 13.9. The number of carbonyl (C=O) groups excluding carboxylic acids is 3. The van der Waals surface area contributed by atoms with E-state index in [-0.39, 0.29) is 30.4 Å². The molecule has 208 valence electrons. The van der Waals surface area contributed by atoms with E-state index in [1.165, 1.54) is 0 Å². The molecule has 37 heavy (non-hydrogen) atoms. The highest BCUT2D eigenvalue weighted by atomic mass is 35.5. The predicted octanol–water partition coefficient (Wildman–Crippen LogP) is 4.73. The molecule has 0 fully saturated rings. The first-order chi connectivity index (χ1) is 17.0. The molecule has 0 spiro atoms. The van der Waals surface area contributed by atoms with Crippen LogP contribution in [0.4, 0.5) is 0 Å². The summed E-state index contributed by atoms with van der Waals surface area (Å²) in [6.45, 7) is 17.4. The summed E-state index contributed by atoms with van der Waals surface area (Å²) in [5.74, 6) is -0.896. The van der Waals surface area contributed by atoms with Crippen LogP contribution < -0.4 is 10.6 Å². The molecule has 0 saturated carbocycles. The summed E-state index contributed by atoms with van der Waals surface area (Å²) < 4.78 is 5.11. The van der Waals surface area contributed by atoms with Crippen LogP contribution >= 0.6 is 11.6 Å². The third-order valence-electron chi connectivity index (χ3n) is 6.74. The first kappa shape index (κ1) is 32.6. The Morgan fingerprint density at radius 1 is 1.11 bits per heavy atom. The second-order valence-electron chi connectivity index (χ2n) is 11.5. The number of benzene rings is 1. The maximum absolute atomic E-state index is 13.9. The fourth-order valence-corrected chi connectivity index (χ4v) is 4.61. The quantitative estimate of drug-likeness (QED) is 0.316. The molecule has 0 aliphatic rings. The fraction of sp³-hybridized carbons (Fsp3) is 0.621. The zero-order valence-electron chi connectivity index (χ0n) is 24.4. The summed E-state index contributed by atoms with van der Waals surface area (Å²) in [5.41, 5.74) is 0.168. The standard InChI is InChI=1S/C29H46ClN3O4/c1-12-37-27(36)19(4)16-22(18(2)3)33(11)26(35)24(28(5,6)7)32-25(34)23(31-10)29(8,9)20-14-13-15-21(30)17-20/h13-18,22-24,31H,12H2,1-11H3,(H,32,34)/b19-16+/t22-,23+,24?/m1/s1. The zero-order chi connectivity index (χ0) is 28.7. The average molecular weight is 536 g/mol. The summed E-state index contributed by atoms with van der Waals surface area (Å²) >= 11 is 6.22. The van der Waals surface area contributed by atoms with Gasteiger partial charge in [-0.05, 0) is 49.9 Å². The van der Waals surface area contributed by atoms with Gasteiger partial charge in [0.25, 0.3) is 0 Å². The number of nitrogens with one attached hydrogen (secondary N) is 2. The summed E-state index contributed by atoms with van der Waals surface area (Å²) in [6, 6.07) is 5.66. The number of ether oxygens (including phenoxy) is 1. The molecule has 8 heteroatoms. The van der Waals surface area contributed by atoms with Crippen LogP contribution in [-0.2, 0) is 24.5 Å². The van der Waals surface area contributed by atoms with Gasteiger partial charge in [0.05, 0.1) is 18.7 Å². The normalized spacial score (nSPS) is 15.1. The van der Waals surface area contributed by atoms with Gasteiger partial charge in [-0.3, -0.25) is 9.59 Å². The van der Waals surface area contributed by atoms with Gasteiger partial charge in [-0.2, -0.15) is 0 Å². The van der Waals surface area contributed by atoms with Crippen LogP contribution in [0.1, 0.15) is 67.9 Å². The minimum atomic E-state index is -0.798. The fourth-order valence-electron chi connectivity index (χ4n) is 4.42. The monoisotopic (exact) mass is 535 g/mol. The van der Waals surface area contributed by atoms with E-state index in [2.05, 4.69) is 10.6 Å². The van der Waals surface area contributed by atoms with Crippen molar-refractivity contribution < 1.29 is 19.1 Å². The summed E-state index contributed by atoms with van der Waals surface area (Å²) in [5, 5.41) is 6.76. The van der Waals surface area contributed by atoms with Crippen molar-refractivity contribution in [1.82, 2.24) is 15.5 Å². The SMILES string of the molecule is CCOC(=O)/C(C)=C/[C@H](C(C)C)N(C)C(=O)C(NC(=O)[C@H](NC)C(C)(C)c1cccc(Cl)c1)C(C)(C)C. The maximum Gasteiger partial charge on any atom is 0.333 e. The minimum absolute atomic E-state index is 0.0291. The highest BCUT2D eigenvalue weighted by molar-refractivity contribution is 6.30. The molecule has 2 amide bonds. The van der Waals surface area contributed by atoms with Gasteiger partial charge in [0, 0.05) is 23.1 Å². The number of halogens is 1. The molecule has 0 heterocycles. The van der Waals surface area contributed by atoms with Gasteiger partial charge in [0.1, 0.15) is 6.04 Å². The Kier molecular flexibility index (Phi) is 11.8. The number of esters is 1. The number of rotatable bonds is 11. The average Bonchev–Trinajstić information content (AvgIpc) is 2.79. The number of carbonyl (C=O) groups is 3. The van der Waals surface area contributed by atoms with E-state index in [1.807, 2.05) is 66.7 Å². The molecule has 1 rings (SSSR count). The molecule has 0 radical (unpaired) electrons. The van der Waals surface area contributed by atoms with Gasteiger partial charge in [-0.25, -0.2) is 4.79 Å². The van der Waals surface area contributed by atoms with Crippen LogP contribution in [0.25, 0.3) is 0 Å². The van der Waals surface area contributed by atoms with Crippen molar-refractivity contribution in [1.29, 1.82) is 0 Å². The largest absolute Gasteiger partial charge is 0.463 e. The lowest BCUT2D eigenvalue weighted by Gasteiger charge is -2.40. The summed E-state index contributed by atoms with van der Waals surface area (Å²) in [7, 11) is 3.44. The number of amides is 2. The molecular formula is C29H46ClN3O4. The van der Waals surface area contributed by atoms with Gasteiger partial charge in [0.2, 0.25) is 11.8 Å². The van der Waals surface area contributed by atoms with E-state index >= 15 is 0 Å². The van der Waals surface area contributed by atoms with Crippen molar-refractivity contribution >= 4 is 29.4 Å². The molecule has 1 unspecified atom stereocenters. The van der Waals surface area contributed by atoms with E-state index in [4.69, 9.17) is 16.3 Å². The predicted molar refractivity (Wildman–Crippen MR) is 150 cm³/mol. The highest BCUT2D eigenvalue weighted by Crippen LogP contribution is 2.30. The van der Waals surface area contributed by atoms with Crippen molar-refractivity contribution in [2.45, 2.75) is 85.9 Å². The lowest BCUT2D eigenvalue weighted by molar-refractivity contribution is -0.141. The Morgan fingerprint density at radius 3 is 2.16 bits per heavy atom. The van der Waals surface area contributed by atoms with Gasteiger partial charge >= 0.3 is 5.97 Å². The third-order valence-corrected chi connectivity index (χ3v) is 6.97. The van der Waals surface area contributed by atoms with E-state index < -0.39 is 28.9 Å². The molecule has 0 saturated heterocycles. The molecule has 0 aromatic heterocycles. The Labute approximate surface area is 228 Å². The van der Waals surface area contributed by atoms with Crippen LogP contribution in [0.2, 0.25) is 5.02 Å². The van der Waals surface area contributed by atoms with E-state index in [0.29, 0.717) is 10.6 Å². The molecule has 2 N–H and O–H groups in total. The molecule has 0 aliphatic heterocycles. The second-order valence-corrected chi connectivity index (χ2v) is 12.0. The van der Waals surface area contributed by atoms with Crippen LogP contribution in [-0.4, -0.2) is 61.5 Å². The van der Waals surface area contributed by atoms with Crippen LogP contribution in [0, 0.1) is 11.3 Å². The Balaban J connectivity index is 3.31. The summed E-state index contributed by atoms with van der Waals surface area (Å²) in [6.07, 6.45) is 1.76. The lowest BCUT2D eigenvalue weighted by atomic mass is 9.76. The van der Waals surface area contributed by atoms with Crippen molar-refractivity contribution in [3.63, 3.8) is 0 Å². The molecule has 1 aromatic rings. The van der Waals surface area contributed by atoms with Gasteiger partial charge in [-0.1, -0.05) is 78.3 Å². The highest BCUT2D eigenvalue weighted by Gasteiger charge is 2.41. The Hall–Kier alpha value is -2.38. The van der Waals surface area contributed by atoms with Gasteiger partial charge in [-0.15, -0.1) is 0 Å². The zero-order valence-corrected chi connectivity index (χ0v) is 25.1. The minimum Gasteiger partial charge on any atom is -0.463 e. The topological polar surface area (TPSA) is 87.7 Å². The Bertz CT molecular complexity index is 982. The van der Waals surface area contributed by atoms with E-state index in [1.54, 1.807) is 45.0 Å². The number of hydrogen-bond acceptors (Lipinski definition) is 5. The number of nitrogens with zero attached hydrogens (tertiary/aromatic N) is 1. The molecular weight excluding hydrogens is 490 g/mol. The van der Waals surface area contributed by atoms with Crippen molar-refractivity contribution in [3.8, 4) is 0 Å². The summed E-state index contributed by atoms with van der Waals surface area (Å²) in [4.78, 5) is 41.3. The van der Waals surface area contributed by atoms with Crippen LogP contribution in [0.15, 0.2) is 35.9 Å². The van der Waals surface area contributed by atoms with E-state index in [0.717, 1.165) is 5.56 Å². The molecule has 1 aromatic carbocycles. The smallest absolute Gasteiger partial charge is 0.333 e. The van der Waals surface area contributed by atoms with E-state index in [9.17, 15) is 14.4 Å². The third kappa shape index (κ3) is 8.57. The van der Waals surface area contributed by atoms with Crippen molar-refractivity contribution in [2.24, 2.45) is 11.3 Å². The number of hydrogen-bond donors (Lipinski definition) is 2. The second kappa shape index (κ2) is 13.4. The van der Waals surface area contributed by atoms with Gasteiger partial charge < -0.3 is 20.3 Å². The van der Waals surface area contributed by atoms with Crippen molar-refractivity contribution in [2.75, 3.05) is 20.7 Å². The van der Waals surface area contributed by atoms with Gasteiger partial charge in [0.15, 0.2) is 0 Å². The van der Waals surface area contributed by atoms with Crippen molar-refractivity contribution in [3.05, 3.63) is 46.5 Å². The van der Waals surface area contributed by atoms with Crippen LogP contribution in [0.5, 0.6) is 0 Å².